The van der Waals surface area contributed by atoms with Gasteiger partial charge < -0.3 is 9.47 Å². The molecule has 0 radical (unpaired) electrons. The normalized spacial score (nSPS) is 14.2. The first-order valence-corrected chi connectivity index (χ1v) is 9.04. The van der Waals surface area contributed by atoms with E-state index in [1.165, 1.54) is 32.1 Å². The van der Waals surface area contributed by atoms with Crippen molar-refractivity contribution in [3.63, 3.8) is 0 Å². The predicted octanol–water partition coefficient (Wildman–Crippen LogP) is 5.47. The van der Waals surface area contributed by atoms with Crippen molar-refractivity contribution < 1.29 is 9.47 Å². The highest BCUT2D eigenvalue weighted by molar-refractivity contribution is 7.85. The van der Waals surface area contributed by atoms with Gasteiger partial charge in [-0.1, -0.05) is 45.4 Å². The summed E-state index contributed by atoms with van der Waals surface area (Å²) in [5.41, 5.74) is 0. The van der Waals surface area contributed by atoms with Crippen LogP contribution in [0.4, 0.5) is 0 Å². The molecule has 0 aliphatic heterocycles. The Morgan fingerprint density at radius 3 is 1.75 bits per heavy atom. The van der Waals surface area contributed by atoms with Gasteiger partial charge in [-0.3, -0.25) is 0 Å². The molecule has 20 heavy (non-hydrogen) atoms. The van der Waals surface area contributed by atoms with Crippen molar-refractivity contribution in [2.24, 2.45) is 0 Å². The van der Waals surface area contributed by atoms with E-state index in [1.807, 2.05) is 27.7 Å². The van der Waals surface area contributed by atoms with E-state index in [4.69, 9.17) is 9.47 Å². The monoisotopic (exact) mass is 322 g/mol. The highest BCUT2D eigenvalue weighted by Gasteiger charge is 2.37. The Balaban J connectivity index is 4.16. The summed E-state index contributed by atoms with van der Waals surface area (Å²) in [5, 5.41) is -0.906. The standard InChI is InChI=1S/C16H34O2S2/c1-6-7-8-9-10-11-12-15(19)16(20,17-13(2)3)18-14(4)5/h13-15,19-20H,6-12H2,1-5H3. The lowest BCUT2D eigenvalue weighted by Gasteiger charge is -2.36. The van der Waals surface area contributed by atoms with Gasteiger partial charge in [0.05, 0.1) is 17.5 Å². The summed E-state index contributed by atoms with van der Waals surface area (Å²) in [4.78, 5) is 0. The average molecular weight is 323 g/mol. The highest BCUT2D eigenvalue weighted by Crippen LogP contribution is 2.33. The Bertz CT molecular complexity index is 223. The first-order chi connectivity index (χ1) is 9.31. The number of rotatable bonds is 12. The second-order valence-electron chi connectivity index (χ2n) is 6.04. The molecule has 0 aliphatic carbocycles. The molecule has 0 aliphatic rings. The molecule has 0 N–H and O–H groups in total. The molecular weight excluding hydrogens is 288 g/mol. The molecule has 0 amide bonds. The largest absolute Gasteiger partial charge is 0.338 e. The van der Waals surface area contributed by atoms with Crippen LogP contribution in [-0.4, -0.2) is 22.6 Å². The SMILES string of the molecule is CCCCCCCCC(S)C(S)(OC(C)C)OC(C)C. The van der Waals surface area contributed by atoms with Crippen molar-refractivity contribution in [3.05, 3.63) is 0 Å². The van der Waals surface area contributed by atoms with Crippen LogP contribution in [0.3, 0.4) is 0 Å². The van der Waals surface area contributed by atoms with Gasteiger partial charge >= 0.3 is 0 Å². The van der Waals surface area contributed by atoms with E-state index in [2.05, 4.69) is 32.2 Å². The maximum absolute atomic E-state index is 5.87. The minimum atomic E-state index is -0.894. The number of hydrogen-bond acceptors (Lipinski definition) is 4. The highest BCUT2D eigenvalue weighted by atomic mass is 32.1. The van der Waals surface area contributed by atoms with E-state index in [0.29, 0.717) is 0 Å². The van der Waals surface area contributed by atoms with Gasteiger partial charge in [0.25, 0.3) is 0 Å². The fraction of sp³-hybridized carbons (Fsp3) is 1.00. The summed E-state index contributed by atoms with van der Waals surface area (Å²) in [7, 11) is 0. The molecule has 0 spiro atoms. The third-order valence-corrected chi connectivity index (χ3v) is 4.39. The molecule has 122 valence electrons. The predicted molar refractivity (Wildman–Crippen MR) is 94.9 cm³/mol. The first-order valence-electron chi connectivity index (χ1n) is 8.07. The molecule has 0 aromatic rings. The van der Waals surface area contributed by atoms with Gasteiger partial charge in [-0.25, -0.2) is 0 Å². The minimum absolute atomic E-state index is 0.0122. The number of thiol groups is 2. The molecule has 0 saturated carbocycles. The third-order valence-electron chi connectivity index (χ3n) is 3.06. The molecule has 0 saturated heterocycles. The summed E-state index contributed by atoms with van der Waals surface area (Å²) in [6.45, 7) is 10.2. The minimum Gasteiger partial charge on any atom is -0.338 e. The lowest BCUT2D eigenvalue weighted by molar-refractivity contribution is -0.206. The van der Waals surface area contributed by atoms with E-state index in [1.54, 1.807) is 0 Å². The smallest absolute Gasteiger partial charge is 0.227 e. The number of unbranched alkanes of at least 4 members (excludes halogenated alkanes) is 5. The van der Waals surface area contributed by atoms with Crippen LogP contribution in [0.25, 0.3) is 0 Å². The Labute approximate surface area is 137 Å². The van der Waals surface area contributed by atoms with Crippen molar-refractivity contribution in [2.45, 2.75) is 102 Å². The summed E-state index contributed by atoms with van der Waals surface area (Å²) in [6.07, 6.45) is 8.81. The van der Waals surface area contributed by atoms with Gasteiger partial charge in [0, 0.05) is 0 Å². The van der Waals surface area contributed by atoms with Crippen LogP contribution >= 0.6 is 25.3 Å². The van der Waals surface area contributed by atoms with Gasteiger partial charge in [0.15, 0.2) is 0 Å². The van der Waals surface area contributed by atoms with Gasteiger partial charge in [-0.05, 0) is 34.1 Å². The Kier molecular flexibility index (Phi) is 11.6. The van der Waals surface area contributed by atoms with Crippen LogP contribution in [0, 0.1) is 0 Å². The van der Waals surface area contributed by atoms with Crippen molar-refractivity contribution >= 4 is 25.3 Å². The van der Waals surface area contributed by atoms with Gasteiger partial charge in [-0.2, -0.15) is 12.6 Å². The third kappa shape index (κ3) is 9.54. The van der Waals surface area contributed by atoms with Crippen LogP contribution in [0.1, 0.15) is 79.6 Å². The second-order valence-corrected chi connectivity index (χ2v) is 7.28. The van der Waals surface area contributed by atoms with Crippen LogP contribution in [0.5, 0.6) is 0 Å². The molecule has 1 atom stereocenters. The zero-order valence-corrected chi connectivity index (χ0v) is 15.7. The zero-order chi connectivity index (χ0) is 15.6. The Hall–Kier alpha value is 0.620. The maximum Gasteiger partial charge on any atom is 0.227 e. The topological polar surface area (TPSA) is 18.5 Å². The van der Waals surface area contributed by atoms with Gasteiger partial charge in [-0.15, -0.1) is 12.6 Å². The molecule has 2 nitrogen and oxygen atoms in total. The average Bonchev–Trinajstić information content (AvgIpc) is 2.31. The molecule has 1 unspecified atom stereocenters. The van der Waals surface area contributed by atoms with Gasteiger partial charge in [0.1, 0.15) is 0 Å². The van der Waals surface area contributed by atoms with Crippen LogP contribution in [0.2, 0.25) is 0 Å². The zero-order valence-electron chi connectivity index (χ0n) is 13.9. The van der Waals surface area contributed by atoms with Crippen LogP contribution in [-0.2, 0) is 9.47 Å². The van der Waals surface area contributed by atoms with Crippen LogP contribution in [0.15, 0.2) is 0 Å². The summed E-state index contributed by atoms with van der Waals surface area (Å²) >= 11 is 9.31. The molecule has 0 aromatic carbocycles. The molecule has 0 fully saturated rings. The lowest BCUT2D eigenvalue weighted by atomic mass is 10.1. The van der Waals surface area contributed by atoms with Crippen molar-refractivity contribution in [1.29, 1.82) is 0 Å². The Morgan fingerprint density at radius 1 is 0.850 bits per heavy atom. The summed E-state index contributed by atoms with van der Waals surface area (Å²) in [5.74, 6) is 0. The molecule has 4 heteroatoms. The maximum atomic E-state index is 5.87. The molecular formula is C16H34O2S2. The van der Waals surface area contributed by atoms with E-state index in [-0.39, 0.29) is 17.5 Å². The van der Waals surface area contributed by atoms with E-state index in [0.717, 1.165) is 12.8 Å². The van der Waals surface area contributed by atoms with E-state index >= 15 is 0 Å². The van der Waals surface area contributed by atoms with E-state index < -0.39 is 5.12 Å². The first kappa shape index (κ1) is 20.6. The fourth-order valence-corrected chi connectivity index (χ4v) is 3.02. The number of ether oxygens (including phenoxy) is 2. The molecule has 0 bridgehead atoms. The van der Waals surface area contributed by atoms with Crippen molar-refractivity contribution in [1.82, 2.24) is 0 Å². The van der Waals surface area contributed by atoms with Crippen LogP contribution < -0.4 is 0 Å². The Morgan fingerprint density at radius 2 is 1.30 bits per heavy atom. The quantitative estimate of drug-likeness (QED) is 0.282. The second kappa shape index (κ2) is 11.2. The van der Waals surface area contributed by atoms with Crippen molar-refractivity contribution in [3.8, 4) is 0 Å². The molecule has 0 rings (SSSR count). The molecule has 0 aromatic heterocycles. The van der Waals surface area contributed by atoms with E-state index in [9.17, 15) is 0 Å². The molecule has 0 heterocycles. The summed E-state index contributed by atoms with van der Waals surface area (Å²) < 4.78 is 11.7. The number of hydrogen-bond donors (Lipinski definition) is 2. The lowest BCUT2D eigenvalue weighted by Crippen LogP contribution is -2.43. The van der Waals surface area contributed by atoms with Gasteiger partial charge in [0.2, 0.25) is 5.12 Å². The summed E-state index contributed by atoms with van der Waals surface area (Å²) in [6, 6.07) is 0. The fourth-order valence-electron chi connectivity index (χ4n) is 2.16. The van der Waals surface area contributed by atoms with Crippen molar-refractivity contribution in [2.75, 3.05) is 0 Å².